The third-order valence-corrected chi connectivity index (χ3v) is 3.56. The fraction of sp³-hybridized carbons (Fsp3) is 0.643. The minimum atomic E-state index is -0.937. The van der Waals surface area contributed by atoms with Gasteiger partial charge in [0.15, 0.2) is 6.10 Å². The van der Waals surface area contributed by atoms with Gasteiger partial charge in [-0.15, -0.1) is 0 Å². The first-order valence-corrected chi connectivity index (χ1v) is 7.11. The van der Waals surface area contributed by atoms with Crippen LogP contribution in [-0.2, 0) is 20.9 Å². The molecular formula is C14H21N3O4. The van der Waals surface area contributed by atoms with Crippen molar-refractivity contribution in [2.75, 3.05) is 6.54 Å². The first-order valence-electron chi connectivity index (χ1n) is 7.11. The van der Waals surface area contributed by atoms with Gasteiger partial charge in [0.05, 0.1) is 11.8 Å². The molecule has 2 N–H and O–H groups in total. The number of amides is 1. The highest BCUT2D eigenvalue weighted by atomic mass is 16.5. The van der Waals surface area contributed by atoms with Gasteiger partial charge in [0, 0.05) is 25.2 Å². The van der Waals surface area contributed by atoms with Crippen molar-refractivity contribution in [3.63, 3.8) is 0 Å². The van der Waals surface area contributed by atoms with E-state index < -0.39 is 12.1 Å². The van der Waals surface area contributed by atoms with Gasteiger partial charge in [0.1, 0.15) is 0 Å². The van der Waals surface area contributed by atoms with Crippen molar-refractivity contribution in [2.24, 2.45) is 0 Å². The third kappa shape index (κ3) is 4.29. The van der Waals surface area contributed by atoms with Crippen LogP contribution in [0.1, 0.15) is 30.7 Å². The fourth-order valence-electron chi connectivity index (χ4n) is 2.46. The Morgan fingerprint density at radius 2 is 2.24 bits per heavy atom. The van der Waals surface area contributed by atoms with E-state index in [-0.39, 0.29) is 12.0 Å². The van der Waals surface area contributed by atoms with E-state index in [1.165, 1.54) is 0 Å². The van der Waals surface area contributed by atoms with Gasteiger partial charge in [0.25, 0.3) is 0 Å². The minimum Gasteiger partial charge on any atom is -0.479 e. The summed E-state index contributed by atoms with van der Waals surface area (Å²) in [6.07, 6.45) is 0.568. The summed E-state index contributed by atoms with van der Waals surface area (Å²) in [4.78, 5) is 22.5. The fourth-order valence-corrected chi connectivity index (χ4v) is 2.46. The first-order chi connectivity index (χ1) is 9.95. The molecule has 2 rings (SSSR count). The second-order valence-corrected chi connectivity index (χ2v) is 5.37. The Morgan fingerprint density at radius 3 is 2.81 bits per heavy atom. The van der Waals surface area contributed by atoms with Gasteiger partial charge < -0.3 is 15.2 Å². The molecule has 0 saturated carbocycles. The number of hydrogen-bond acceptors (Lipinski definition) is 4. The lowest BCUT2D eigenvalue weighted by atomic mass is 10.2. The summed E-state index contributed by atoms with van der Waals surface area (Å²) in [5.41, 5.74) is 1.97. The Bertz CT molecular complexity index is 526. The number of aryl methyl sites for hydroxylation is 3. The van der Waals surface area contributed by atoms with Crippen LogP contribution in [0.3, 0.4) is 0 Å². The maximum atomic E-state index is 11.8. The second kappa shape index (κ2) is 6.71. The predicted octanol–water partition coefficient (Wildman–Crippen LogP) is 0.638. The smallest absolute Gasteiger partial charge is 0.332 e. The van der Waals surface area contributed by atoms with Crippen LogP contribution in [0.4, 0.5) is 0 Å². The van der Waals surface area contributed by atoms with Crippen LogP contribution in [0.5, 0.6) is 0 Å². The number of ether oxygens (including phenoxy) is 1. The van der Waals surface area contributed by atoms with Crippen LogP contribution in [0, 0.1) is 13.8 Å². The van der Waals surface area contributed by atoms with Gasteiger partial charge in [-0.3, -0.25) is 9.48 Å². The van der Waals surface area contributed by atoms with Crippen LogP contribution in [0.2, 0.25) is 0 Å². The summed E-state index contributed by atoms with van der Waals surface area (Å²) < 4.78 is 7.13. The van der Waals surface area contributed by atoms with Crippen molar-refractivity contribution in [3.8, 4) is 0 Å². The molecule has 2 heterocycles. The van der Waals surface area contributed by atoms with Gasteiger partial charge in [0.2, 0.25) is 5.91 Å². The second-order valence-electron chi connectivity index (χ2n) is 5.37. The van der Waals surface area contributed by atoms with Crippen LogP contribution in [-0.4, -0.2) is 45.5 Å². The highest BCUT2D eigenvalue weighted by Gasteiger charge is 2.30. The van der Waals surface area contributed by atoms with E-state index in [0.29, 0.717) is 32.4 Å². The Morgan fingerprint density at radius 1 is 1.48 bits per heavy atom. The number of nitrogens with one attached hydrogen (secondary N) is 1. The molecule has 0 spiro atoms. The predicted molar refractivity (Wildman–Crippen MR) is 74.9 cm³/mol. The van der Waals surface area contributed by atoms with E-state index in [4.69, 9.17) is 9.84 Å². The molecule has 7 heteroatoms. The van der Waals surface area contributed by atoms with E-state index >= 15 is 0 Å². The van der Waals surface area contributed by atoms with Crippen LogP contribution in [0.25, 0.3) is 0 Å². The number of carbonyl (C=O) groups is 2. The number of carbonyl (C=O) groups excluding carboxylic acids is 1. The summed E-state index contributed by atoms with van der Waals surface area (Å²) in [6, 6.07) is 1.97. The molecule has 1 saturated heterocycles. The van der Waals surface area contributed by atoms with Crippen molar-refractivity contribution >= 4 is 11.9 Å². The Balaban J connectivity index is 1.69. The molecule has 1 amide bonds. The maximum Gasteiger partial charge on any atom is 0.332 e. The normalized spacial score (nSPS) is 21.4. The molecule has 2 unspecified atom stereocenters. The van der Waals surface area contributed by atoms with Crippen molar-refractivity contribution in [3.05, 3.63) is 17.5 Å². The summed E-state index contributed by atoms with van der Waals surface area (Å²) in [7, 11) is 0. The van der Waals surface area contributed by atoms with Gasteiger partial charge in [-0.1, -0.05) is 0 Å². The zero-order valence-corrected chi connectivity index (χ0v) is 12.3. The van der Waals surface area contributed by atoms with E-state index in [9.17, 15) is 9.59 Å². The van der Waals surface area contributed by atoms with Gasteiger partial charge >= 0.3 is 5.97 Å². The molecule has 1 fully saturated rings. The first kappa shape index (κ1) is 15.5. The minimum absolute atomic E-state index is 0.0788. The number of hydrogen-bond donors (Lipinski definition) is 2. The summed E-state index contributed by atoms with van der Waals surface area (Å²) in [5, 5.41) is 15.9. The van der Waals surface area contributed by atoms with Gasteiger partial charge in [-0.25, -0.2) is 4.79 Å². The molecule has 1 aromatic heterocycles. The van der Waals surface area contributed by atoms with E-state index in [1.54, 1.807) is 4.68 Å². The number of aromatic nitrogens is 2. The highest BCUT2D eigenvalue weighted by Crippen LogP contribution is 2.19. The Kier molecular flexibility index (Phi) is 4.95. The van der Waals surface area contributed by atoms with E-state index in [0.717, 1.165) is 11.4 Å². The lowest BCUT2D eigenvalue weighted by Crippen LogP contribution is -2.33. The van der Waals surface area contributed by atoms with Crippen LogP contribution >= 0.6 is 0 Å². The van der Waals surface area contributed by atoms with Crippen molar-refractivity contribution in [1.82, 2.24) is 15.1 Å². The topological polar surface area (TPSA) is 93.5 Å². The van der Waals surface area contributed by atoms with Crippen molar-refractivity contribution in [1.29, 1.82) is 0 Å². The molecule has 7 nitrogen and oxygen atoms in total. The standard InChI is InChI=1S/C14H21N3O4/c1-9-7-10(2)17(16-9)6-5-13(18)15-8-11-3-4-12(21-11)14(19)20/h7,11-12H,3-6,8H2,1-2H3,(H,15,18)(H,19,20). The molecule has 2 atom stereocenters. The van der Waals surface area contributed by atoms with Gasteiger partial charge in [-0.2, -0.15) is 5.10 Å². The molecule has 0 radical (unpaired) electrons. The number of aliphatic carboxylic acids is 1. The van der Waals surface area contributed by atoms with E-state index in [1.807, 2.05) is 19.9 Å². The number of carboxylic acids is 1. The molecule has 1 aliphatic heterocycles. The summed E-state index contributed by atoms with van der Waals surface area (Å²) in [6.45, 7) is 4.77. The molecule has 0 aromatic carbocycles. The number of nitrogens with zero attached hydrogens (tertiary/aromatic N) is 2. The molecule has 21 heavy (non-hydrogen) atoms. The number of carboxylic acid groups (broad SMARTS) is 1. The van der Waals surface area contributed by atoms with E-state index in [2.05, 4.69) is 10.4 Å². The zero-order chi connectivity index (χ0) is 15.4. The number of rotatable bonds is 6. The Labute approximate surface area is 123 Å². The van der Waals surface area contributed by atoms with Crippen LogP contribution < -0.4 is 5.32 Å². The molecular weight excluding hydrogens is 274 g/mol. The third-order valence-electron chi connectivity index (χ3n) is 3.56. The Hall–Kier alpha value is -1.89. The monoisotopic (exact) mass is 295 g/mol. The molecule has 1 aromatic rings. The summed E-state index contributed by atoms with van der Waals surface area (Å²) in [5.74, 6) is -1.02. The average molecular weight is 295 g/mol. The highest BCUT2D eigenvalue weighted by molar-refractivity contribution is 5.76. The maximum absolute atomic E-state index is 11.8. The lowest BCUT2D eigenvalue weighted by Gasteiger charge is -2.12. The molecule has 1 aliphatic rings. The SMILES string of the molecule is Cc1cc(C)n(CCC(=O)NCC2CCC(C(=O)O)O2)n1. The van der Waals surface area contributed by atoms with Crippen LogP contribution in [0.15, 0.2) is 6.07 Å². The van der Waals surface area contributed by atoms with Crippen molar-refractivity contribution < 1.29 is 19.4 Å². The average Bonchev–Trinajstić information content (AvgIpc) is 3.01. The lowest BCUT2D eigenvalue weighted by molar-refractivity contribution is -0.149. The molecule has 0 aliphatic carbocycles. The quantitative estimate of drug-likeness (QED) is 0.803. The molecule has 0 bridgehead atoms. The largest absolute Gasteiger partial charge is 0.479 e. The summed E-state index contributed by atoms with van der Waals surface area (Å²) >= 11 is 0. The van der Waals surface area contributed by atoms with Gasteiger partial charge in [-0.05, 0) is 32.8 Å². The van der Waals surface area contributed by atoms with Crippen molar-refractivity contribution in [2.45, 2.75) is 51.9 Å². The zero-order valence-electron chi connectivity index (χ0n) is 12.3. The molecule has 116 valence electrons.